The van der Waals surface area contributed by atoms with Crippen molar-refractivity contribution < 1.29 is 4.74 Å². The van der Waals surface area contributed by atoms with Gasteiger partial charge in [0.25, 0.3) is 0 Å². The summed E-state index contributed by atoms with van der Waals surface area (Å²) in [5.41, 5.74) is 2.14. The number of H-pyrrole nitrogens is 1. The molecule has 1 aliphatic rings. The molecule has 1 saturated heterocycles. The van der Waals surface area contributed by atoms with Crippen molar-refractivity contribution in [2.75, 3.05) is 6.61 Å². The van der Waals surface area contributed by atoms with Gasteiger partial charge in [-0.15, -0.1) is 0 Å². The number of rotatable bonds is 3. The van der Waals surface area contributed by atoms with Crippen LogP contribution in [-0.2, 0) is 4.74 Å². The number of para-hydroxylation sites is 2. The van der Waals surface area contributed by atoms with Crippen LogP contribution in [0.4, 0.5) is 0 Å². The highest BCUT2D eigenvalue weighted by molar-refractivity contribution is 5.74. The fraction of sp³-hybridized carbons (Fsp3) is 0.533. The van der Waals surface area contributed by atoms with Crippen LogP contribution in [0.3, 0.4) is 0 Å². The maximum absolute atomic E-state index is 5.58. The van der Waals surface area contributed by atoms with Crippen LogP contribution in [0.1, 0.15) is 38.6 Å². The van der Waals surface area contributed by atoms with E-state index in [2.05, 4.69) is 35.2 Å². The van der Waals surface area contributed by atoms with Crippen LogP contribution in [0.15, 0.2) is 24.3 Å². The molecule has 3 unspecified atom stereocenters. The van der Waals surface area contributed by atoms with Crippen molar-refractivity contribution in [2.24, 2.45) is 0 Å². The molecule has 4 heteroatoms. The van der Waals surface area contributed by atoms with E-state index in [-0.39, 0.29) is 6.04 Å². The summed E-state index contributed by atoms with van der Waals surface area (Å²) in [4.78, 5) is 8.04. The molecule has 4 nitrogen and oxygen atoms in total. The summed E-state index contributed by atoms with van der Waals surface area (Å²) in [5, 5.41) is 3.65. The van der Waals surface area contributed by atoms with Gasteiger partial charge in [-0.05, 0) is 38.8 Å². The lowest BCUT2D eigenvalue weighted by atomic mass is 10.0. The van der Waals surface area contributed by atoms with Crippen LogP contribution in [0, 0.1) is 0 Å². The number of nitrogens with one attached hydrogen (secondary N) is 2. The van der Waals surface area contributed by atoms with E-state index in [1.807, 2.05) is 18.2 Å². The lowest BCUT2D eigenvalue weighted by molar-refractivity contribution is 0.0114. The van der Waals surface area contributed by atoms with E-state index in [1.165, 1.54) is 0 Å². The van der Waals surface area contributed by atoms with E-state index in [9.17, 15) is 0 Å². The molecule has 0 spiro atoms. The molecule has 0 amide bonds. The van der Waals surface area contributed by atoms with E-state index >= 15 is 0 Å². The van der Waals surface area contributed by atoms with E-state index in [0.717, 1.165) is 36.3 Å². The van der Waals surface area contributed by atoms with Crippen molar-refractivity contribution in [3.8, 4) is 0 Å². The Kier molecular flexibility index (Phi) is 3.53. The van der Waals surface area contributed by atoms with Gasteiger partial charge in [-0.25, -0.2) is 4.98 Å². The van der Waals surface area contributed by atoms with Gasteiger partial charge in [0.2, 0.25) is 0 Å². The third-order valence-corrected chi connectivity index (χ3v) is 3.79. The number of nitrogens with zero attached hydrogens (tertiary/aromatic N) is 1. The number of aromatic amines is 1. The molecule has 0 aliphatic carbocycles. The summed E-state index contributed by atoms with van der Waals surface area (Å²) in [7, 11) is 0. The molecule has 0 bridgehead atoms. The van der Waals surface area contributed by atoms with Gasteiger partial charge < -0.3 is 15.0 Å². The zero-order valence-corrected chi connectivity index (χ0v) is 11.5. The summed E-state index contributed by atoms with van der Waals surface area (Å²) >= 11 is 0. The van der Waals surface area contributed by atoms with Crippen molar-refractivity contribution in [2.45, 2.75) is 44.9 Å². The first kappa shape index (κ1) is 12.6. The molecule has 1 fully saturated rings. The zero-order chi connectivity index (χ0) is 13.2. The molecule has 3 atom stereocenters. The summed E-state index contributed by atoms with van der Waals surface area (Å²) in [5.74, 6) is 1.01. The van der Waals surface area contributed by atoms with Crippen molar-refractivity contribution in [3.63, 3.8) is 0 Å². The summed E-state index contributed by atoms with van der Waals surface area (Å²) < 4.78 is 5.58. The molecule has 102 valence electrons. The number of fused-ring (bicyclic) bond motifs is 1. The normalized spacial score (nSPS) is 25.6. The lowest BCUT2D eigenvalue weighted by Gasteiger charge is -2.29. The van der Waals surface area contributed by atoms with Crippen LogP contribution in [-0.4, -0.2) is 28.7 Å². The standard InChI is InChI=1S/C15H21N3O/c1-10-9-12(7-8-19-10)16-11(2)15-17-13-5-3-4-6-14(13)18-15/h3-6,10-12,16H,7-9H2,1-2H3,(H,17,18). The molecular formula is C15H21N3O. The molecule has 2 aromatic rings. The Bertz CT molecular complexity index is 518. The molecule has 0 saturated carbocycles. The van der Waals surface area contributed by atoms with Gasteiger partial charge in [-0.2, -0.15) is 0 Å². The molecular weight excluding hydrogens is 238 g/mol. The molecule has 1 aromatic carbocycles. The molecule has 2 heterocycles. The average Bonchev–Trinajstić information content (AvgIpc) is 2.82. The second-order valence-electron chi connectivity index (χ2n) is 5.43. The van der Waals surface area contributed by atoms with Gasteiger partial charge in [-0.1, -0.05) is 12.1 Å². The summed E-state index contributed by atoms with van der Waals surface area (Å²) in [6.45, 7) is 5.16. The maximum Gasteiger partial charge on any atom is 0.124 e. The first-order valence-electron chi connectivity index (χ1n) is 7.04. The Morgan fingerprint density at radius 2 is 2.26 bits per heavy atom. The van der Waals surface area contributed by atoms with E-state index in [0.29, 0.717) is 12.1 Å². The quantitative estimate of drug-likeness (QED) is 0.891. The molecule has 19 heavy (non-hydrogen) atoms. The predicted octanol–water partition coefficient (Wildman–Crippen LogP) is 2.78. The summed E-state index contributed by atoms with van der Waals surface area (Å²) in [6.07, 6.45) is 2.51. The van der Waals surface area contributed by atoms with Crippen molar-refractivity contribution in [1.29, 1.82) is 0 Å². The second-order valence-corrected chi connectivity index (χ2v) is 5.43. The highest BCUT2D eigenvalue weighted by Gasteiger charge is 2.22. The van der Waals surface area contributed by atoms with Crippen molar-refractivity contribution in [1.82, 2.24) is 15.3 Å². The first-order valence-corrected chi connectivity index (χ1v) is 7.04. The van der Waals surface area contributed by atoms with E-state index in [4.69, 9.17) is 4.74 Å². The van der Waals surface area contributed by atoms with Crippen molar-refractivity contribution in [3.05, 3.63) is 30.1 Å². The van der Waals surface area contributed by atoms with Crippen LogP contribution in [0.5, 0.6) is 0 Å². The number of hydrogen-bond donors (Lipinski definition) is 2. The SMILES string of the molecule is CC1CC(NC(C)c2nc3ccccc3[nH]2)CCO1. The van der Waals surface area contributed by atoms with Crippen LogP contribution in [0.25, 0.3) is 11.0 Å². The second kappa shape index (κ2) is 5.31. The highest BCUT2D eigenvalue weighted by atomic mass is 16.5. The number of hydrogen-bond acceptors (Lipinski definition) is 3. The Morgan fingerprint density at radius 3 is 3.05 bits per heavy atom. The summed E-state index contributed by atoms with van der Waals surface area (Å²) in [6, 6.07) is 8.91. The maximum atomic E-state index is 5.58. The number of benzene rings is 1. The van der Waals surface area contributed by atoms with Crippen LogP contribution >= 0.6 is 0 Å². The third-order valence-electron chi connectivity index (χ3n) is 3.79. The fourth-order valence-electron chi connectivity index (χ4n) is 2.76. The minimum atomic E-state index is 0.239. The minimum Gasteiger partial charge on any atom is -0.378 e. The van der Waals surface area contributed by atoms with Crippen molar-refractivity contribution >= 4 is 11.0 Å². The molecule has 2 N–H and O–H groups in total. The van der Waals surface area contributed by atoms with E-state index < -0.39 is 0 Å². The van der Waals surface area contributed by atoms with Gasteiger partial charge in [0.15, 0.2) is 0 Å². The molecule has 0 radical (unpaired) electrons. The van der Waals surface area contributed by atoms with Crippen LogP contribution in [0.2, 0.25) is 0 Å². The van der Waals surface area contributed by atoms with Crippen LogP contribution < -0.4 is 5.32 Å². The third kappa shape index (κ3) is 2.80. The van der Waals surface area contributed by atoms with Gasteiger partial charge in [0.1, 0.15) is 5.82 Å². The largest absolute Gasteiger partial charge is 0.378 e. The van der Waals surface area contributed by atoms with E-state index in [1.54, 1.807) is 0 Å². The molecule has 3 rings (SSSR count). The van der Waals surface area contributed by atoms with Gasteiger partial charge in [0.05, 0.1) is 23.2 Å². The van der Waals surface area contributed by atoms with Gasteiger partial charge in [-0.3, -0.25) is 0 Å². The predicted molar refractivity (Wildman–Crippen MR) is 76.1 cm³/mol. The molecule has 1 aliphatic heterocycles. The number of imidazole rings is 1. The fourth-order valence-corrected chi connectivity index (χ4v) is 2.76. The minimum absolute atomic E-state index is 0.239. The van der Waals surface area contributed by atoms with Gasteiger partial charge >= 0.3 is 0 Å². The number of ether oxygens (including phenoxy) is 1. The monoisotopic (exact) mass is 259 g/mol. The first-order chi connectivity index (χ1) is 9.22. The average molecular weight is 259 g/mol. The number of aromatic nitrogens is 2. The topological polar surface area (TPSA) is 49.9 Å². The Balaban J connectivity index is 1.70. The Labute approximate surface area is 113 Å². The smallest absolute Gasteiger partial charge is 0.124 e. The molecule has 1 aromatic heterocycles. The lowest BCUT2D eigenvalue weighted by Crippen LogP contribution is -2.39. The Hall–Kier alpha value is -1.39. The Morgan fingerprint density at radius 1 is 1.42 bits per heavy atom. The zero-order valence-electron chi connectivity index (χ0n) is 11.5. The highest BCUT2D eigenvalue weighted by Crippen LogP contribution is 2.19. The van der Waals surface area contributed by atoms with Gasteiger partial charge in [0, 0.05) is 12.6 Å².